The van der Waals surface area contributed by atoms with Gasteiger partial charge in [0.15, 0.2) is 0 Å². The van der Waals surface area contributed by atoms with Gasteiger partial charge in [0, 0.05) is 16.0 Å². The van der Waals surface area contributed by atoms with Crippen molar-refractivity contribution in [1.82, 2.24) is 9.97 Å². The van der Waals surface area contributed by atoms with Gasteiger partial charge in [-0.25, -0.2) is 9.97 Å². The first-order valence-corrected chi connectivity index (χ1v) is 11.1. The van der Waals surface area contributed by atoms with E-state index in [9.17, 15) is 4.79 Å². The molecule has 0 bridgehead atoms. The maximum atomic E-state index is 12.5. The Hall–Kier alpha value is -1.92. The molecule has 0 atom stereocenters. The molecule has 27 heavy (non-hydrogen) atoms. The molecule has 0 saturated heterocycles. The zero-order valence-electron chi connectivity index (χ0n) is 15.9. The lowest BCUT2D eigenvalue weighted by molar-refractivity contribution is -0.113. The molecule has 4 rings (SSSR count). The molecule has 1 N–H and O–H groups in total. The topological polar surface area (TPSA) is 54.9 Å². The third-order valence-electron chi connectivity index (χ3n) is 4.74. The smallest absolute Gasteiger partial charge is 0.234 e. The molecule has 1 amide bonds. The van der Waals surface area contributed by atoms with Gasteiger partial charge in [-0.15, -0.1) is 11.3 Å². The summed E-state index contributed by atoms with van der Waals surface area (Å²) in [6.45, 7) is 6.01. The summed E-state index contributed by atoms with van der Waals surface area (Å²) < 4.78 is 0. The molecule has 0 fully saturated rings. The largest absolute Gasteiger partial charge is 0.325 e. The number of nitrogens with one attached hydrogen (secondary N) is 1. The number of amides is 1. The fourth-order valence-electron chi connectivity index (χ4n) is 3.71. The maximum Gasteiger partial charge on any atom is 0.234 e. The normalized spacial score (nSPS) is 13.6. The predicted octanol–water partition coefficient (Wildman–Crippen LogP) is 5.23. The van der Waals surface area contributed by atoms with Gasteiger partial charge in [-0.2, -0.15) is 0 Å². The van der Waals surface area contributed by atoms with Crippen LogP contribution in [0, 0.1) is 20.8 Å². The van der Waals surface area contributed by atoms with Crippen LogP contribution in [0.3, 0.4) is 0 Å². The van der Waals surface area contributed by atoms with Crippen molar-refractivity contribution in [2.24, 2.45) is 0 Å². The van der Waals surface area contributed by atoms with E-state index in [1.807, 2.05) is 32.9 Å². The highest BCUT2D eigenvalue weighted by Crippen LogP contribution is 2.39. The summed E-state index contributed by atoms with van der Waals surface area (Å²) in [4.78, 5) is 24.3. The molecule has 4 nitrogen and oxygen atoms in total. The second-order valence-electron chi connectivity index (χ2n) is 7.18. The molecule has 3 aromatic rings. The quantitative estimate of drug-likeness (QED) is 0.484. The highest BCUT2D eigenvalue weighted by molar-refractivity contribution is 8.00. The average molecular weight is 398 g/mol. The highest BCUT2D eigenvalue weighted by atomic mass is 32.2. The molecule has 1 aliphatic carbocycles. The van der Waals surface area contributed by atoms with Crippen LogP contribution in [0.25, 0.3) is 10.2 Å². The highest BCUT2D eigenvalue weighted by Gasteiger charge is 2.21. The molecular weight excluding hydrogens is 374 g/mol. The number of carbonyl (C=O) groups is 1. The van der Waals surface area contributed by atoms with Gasteiger partial charge < -0.3 is 5.32 Å². The van der Waals surface area contributed by atoms with E-state index >= 15 is 0 Å². The van der Waals surface area contributed by atoms with Crippen LogP contribution in [0.1, 0.15) is 40.2 Å². The summed E-state index contributed by atoms with van der Waals surface area (Å²) in [5.41, 5.74) is 4.57. The average Bonchev–Trinajstić information content (AvgIpc) is 2.96. The van der Waals surface area contributed by atoms with E-state index in [0.29, 0.717) is 5.75 Å². The summed E-state index contributed by atoms with van der Waals surface area (Å²) in [6, 6.07) is 6.10. The Morgan fingerprint density at radius 3 is 2.63 bits per heavy atom. The Morgan fingerprint density at radius 2 is 1.85 bits per heavy atom. The summed E-state index contributed by atoms with van der Waals surface area (Å²) in [5, 5.41) is 5.15. The minimum atomic E-state index is -0.00138. The van der Waals surface area contributed by atoms with Gasteiger partial charge in [-0.05, 0) is 75.3 Å². The molecule has 140 valence electrons. The zero-order valence-corrected chi connectivity index (χ0v) is 17.5. The van der Waals surface area contributed by atoms with Gasteiger partial charge in [0.2, 0.25) is 5.91 Å². The van der Waals surface area contributed by atoms with Gasteiger partial charge in [-0.1, -0.05) is 17.8 Å². The van der Waals surface area contributed by atoms with Crippen LogP contribution in [-0.2, 0) is 17.6 Å². The third kappa shape index (κ3) is 4.01. The number of benzene rings is 1. The van der Waals surface area contributed by atoms with Crippen molar-refractivity contribution in [2.75, 3.05) is 11.1 Å². The number of anilines is 1. The van der Waals surface area contributed by atoms with Crippen molar-refractivity contribution in [3.63, 3.8) is 0 Å². The van der Waals surface area contributed by atoms with E-state index in [1.54, 1.807) is 11.3 Å². The van der Waals surface area contributed by atoms with Crippen LogP contribution < -0.4 is 5.32 Å². The molecule has 0 saturated carbocycles. The van der Waals surface area contributed by atoms with E-state index in [4.69, 9.17) is 0 Å². The summed E-state index contributed by atoms with van der Waals surface area (Å²) in [6.07, 6.45) is 4.73. The van der Waals surface area contributed by atoms with Gasteiger partial charge in [0.1, 0.15) is 15.7 Å². The van der Waals surface area contributed by atoms with Crippen molar-refractivity contribution in [3.8, 4) is 0 Å². The Bertz CT molecular complexity index is 1010. The minimum Gasteiger partial charge on any atom is -0.325 e. The number of aryl methyl sites for hydroxylation is 5. The molecule has 0 unspecified atom stereocenters. The standard InChI is InChI=1S/C21H23N3OS2/c1-12-8-13(2)10-15(9-12)24-18(25)11-26-20-19-16-6-4-5-7-17(16)27-21(19)23-14(3)22-20/h8-10H,4-7,11H2,1-3H3,(H,24,25). The molecule has 1 aliphatic rings. The van der Waals surface area contributed by atoms with Crippen molar-refractivity contribution in [2.45, 2.75) is 51.5 Å². The Morgan fingerprint density at radius 1 is 1.11 bits per heavy atom. The molecule has 2 aromatic heterocycles. The number of rotatable bonds is 4. The number of fused-ring (bicyclic) bond motifs is 3. The van der Waals surface area contributed by atoms with Crippen molar-refractivity contribution < 1.29 is 4.79 Å². The number of thioether (sulfide) groups is 1. The molecular formula is C21H23N3OS2. The van der Waals surface area contributed by atoms with Crippen molar-refractivity contribution >= 4 is 44.9 Å². The number of carbonyl (C=O) groups excluding carboxylic acids is 1. The molecule has 0 radical (unpaired) electrons. The van der Waals surface area contributed by atoms with E-state index in [2.05, 4.69) is 21.4 Å². The summed E-state index contributed by atoms with van der Waals surface area (Å²) in [5.74, 6) is 1.13. The van der Waals surface area contributed by atoms with Crippen LogP contribution in [0.15, 0.2) is 23.2 Å². The van der Waals surface area contributed by atoms with Gasteiger partial charge >= 0.3 is 0 Å². The first kappa shape index (κ1) is 18.4. The lowest BCUT2D eigenvalue weighted by Crippen LogP contribution is -2.14. The van der Waals surface area contributed by atoms with Gasteiger partial charge in [-0.3, -0.25) is 4.79 Å². The van der Waals surface area contributed by atoms with Gasteiger partial charge in [0.05, 0.1) is 5.75 Å². The van der Waals surface area contributed by atoms with Crippen molar-refractivity contribution in [1.29, 1.82) is 0 Å². The zero-order chi connectivity index (χ0) is 19.0. The van der Waals surface area contributed by atoms with E-state index in [1.165, 1.54) is 40.4 Å². The van der Waals surface area contributed by atoms with Crippen LogP contribution in [0.4, 0.5) is 5.69 Å². The fraction of sp³-hybridized carbons (Fsp3) is 0.381. The van der Waals surface area contributed by atoms with Crippen LogP contribution in [0.2, 0.25) is 0 Å². The van der Waals surface area contributed by atoms with Crippen molar-refractivity contribution in [3.05, 3.63) is 45.6 Å². The molecule has 2 heterocycles. The first-order chi connectivity index (χ1) is 13.0. The Kier molecular flexibility index (Phi) is 5.19. The van der Waals surface area contributed by atoms with E-state index < -0.39 is 0 Å². The fourth-order valence-corrected chi connectivity index (χ4v) is 5.98. The number of hydrogen-bond acceptors (Lipinski definition) is 5. The lowest BCUT2D eigenvalue weighted by Gasteiger charge is -2.12. The first-order valence-electron chi connectivity index (χ1n) is 9.29. The number of thiophene rings is 1. The Labute approximate surface area is 167 Å². The molecule has 1 aromatic carbocycles. The number of aromatic nitrogens is 2. The van der Waals surface area contributed by atoms with E-state index in [-0.39, 0.29) is 5.91 Å². The number of nitrogens with zero attached hydrogens (tertiary/aromatic N) is 2. The molecule has 0 aliphatic heterocycles. The maximum absolute atomic E-state index is 12.5. The van der Waals surface area contributed by atoms with Crippen LogP contribution >= 0.6 is 23.1 Å². The Balaban J connectivity index is 1.54. The minimum absolute atomic E-state index is 0.00138. The SMILES string of the molecule is Cc1cc(C)cc(NC(=O)CSc2nc(C)nc3sc4c(c23)CCCC4)c1. The second kappa shape index (κ2) is 7.60. The molecule has 6 heteroatoms. The number of hydrogen-bond donors (Lipinski definition) is 1. The predicted molar refractivity (Wildman–Crippen MR) is 114 cm³/mol. The second-order valence-corrected chi connectivity index (χ2v) is 9.23. The van der Waals surface area contributed by atoms with E-state index in [0.717, 1.165) is 45.3 Å². The van der Waals surface area contributed by atoms with Crippen LogP contribution in [0.5, 0.6) is 0 Å². The molecule has 0 spiro atoms. The monoisotopic (exact) mass is 397 g/mol. The third-order valence-corrected chi connectivity index (χ3v) is 6.90. The van der Waals surface area contributed by atoms with Crippen LogP contribution in [-0.4, -0.2) is 21.6 Å². The summed E-state index contributed by atoms with van der Waals surface area (Å²) >= 11 is 3.32. The lowest BCUT2D eigenvalue weighted by atomic mass is 9.97. The van der Waals surface area contributed by atoms with Gasteiger partial charge in [0.25, 0.3) is 0 Å². The summed E-state index contributed by atoms with van der Waals surface area (Å²) in [7, 11) is 0.